The van der Waals surface area contributed by atoms with Gasteiger partial charge in [0.15, 0.2) is 9.60 Å². The molecule has 0 aliphatic rings. The molecule has 2 aromatic carbocycles. The molecule has 27 heavy (non-hydrogen) atoms. The van der Waals surface area contributed by atoms with Gasteiger partial charge in [-0.05, 0) is 42.9 Å². The SMILES string of the molecule is CCCNc1nc2c(sc(=S)n2-c2ccccc2)c(=O)n1-c1ccccc1. The molecule has 2 aromatic heterocycles. The lowest BCUT2D eigenvalue weighted by Gasteiger charge is -2.14. The molecule has 0 radical (unpaired) electrons. The van der Waals surface area contributed by atoms with Gasteiger partial charge in [-0.15, -0.1) is 0 Å². The maximum Gasteiger partial charge on any atom is 0.279 e. The minimum Gasteiger partial charge on any atom is -0.355 e. The summed E-state index contributed by atoms with van der Waals surface area (Å²) in [4.78, 5) is 18.1. The molecule has 0 aliphatic carbocycles. The number of nitrogens with zero attached hydrogens (tertiary/aromatic N) is 3. The molecule has 7 heteroatoms. The highest BCUT2D eigenvalue weighted by molar-refractivity contribution is 7.73. The van der Waals surface area contributed by atoms with Gasteiger partial charge in [-0.25, -0.2) is 4.57 Å². The molecular weight excluding hydrogens is 376 g/mol. The summed E-state index contributed by atoms with van der Waals surface area (Å²) < 4.78 is 4.64. The van der Waals surface area contributed by atoms with Crippen molar-refractivity contribution in [2.75, 3.05) is 11.9 Å². The van der Waals surface area contributed by atoms with Gasteiger partial charge in [0.25, 0.3) is 5.56 Å². The van der Waals surface area contributed by atoms with Crippen LogP contribution in [0.15, 0.2) is 65.5 Å². The van der Waals surface area contributed by atoms with Crippen molar-refractivity contribution in [3.8, 4) is 11.4 Å². The summed E-state index contributed by atoms with van der Waals surface area (Å²) >= 11 is 6.85. The van der Waals surface area contributed by atoms with Crippen LogP contribution in [0.2, 0.25) is 0 Å². The zero-order valence-corrected chi connectivity index (χ0v) is 16.4. The number of hydrogen-bond donors (Lipinski definition) is 1. The number of benzene rings is 2. The third-order valence-electron chi connectivity index (χ3n) is 4.17. The topological polar surface area (TPSA) is 51.9 Å². The molecule has 0 aliphatic heterocycles. The van der Waals surface area contributed by atoms with E-state index in [1.165, 1.54) is 11.3 Å². The second-order valence-corrected chi connectivity index (χ2v) is 7.67. The molecule has 0 saturated carbocycles. The second kappa shape index (κ2) is 7.46. The van der Waals surface area contributed by atoms with Crippen LogP contribution in [0.3, 0.4) is 0 Å². The molecule has 0 unspecified atom stereocenters. The van der Waals surface area contributed by atoms with Gasteiger partial charge in [0.2, 0.25) is 5.95 Å². The smallest absolute Gasteiger partial charge is 0.279 e. The first kappa shape index (κ1) is 17.6. The Morgan fingerprint density at radius 1 is 1.00 bits per heavy atom. The third kappa shape index (κ3) is 3.20. The lowest BCUT2D eigenvalue weighted by Crippen LogP contribution is -2.24. The number of nitrogens with one attached hydrogen (secondary N) is 1. The van der Waals surface area contributed by atoms with E-state index in [0.717, 1.165) is 24.3 Å². The number of fused-ring (bicyclic) bond motifs is 1. The summed E-state index contributed by atoms with van der Waals surface area (Å²) in [5.41, 5.74) is 2.16. The first-order valence-electron chi connectivity index (χ1n) is 8.74. The molecule has 136 valence electrons. The van der Waals surface area contributed by atoms with Gasteiger partial charge in [-0.1, -0.05) is 54.7 Å². The Morgan fingerprint density at radius 2 is 1.59 bits per heavy atom. The Labute approximate surface area is 165 Å². The predicted octanol–water partition coefficient (Wildman–Crippen LogP) is 4.79. The molecule has 0 bridgehead atoms. The largest absolute Gasteiger partial charge is 0.355 e. The molecule has 5 nitrogen and oxygen atoms in total. The van der Waals surface area contributed by atoms with E-state index in [-0.39, 0.29) is 5.56 Å². The van der Waals surface area contributed by atoms with E-state index in [0.29, 0.717) is 20.2 Å². The summed E-state index contributed by atoms with van der Waals surface area (Å²) in [5, 5.41) is 3.29. The first-order chi connectivity index (χ1) is 13.2. The van der Waals surface area contributed by atoms with E-state index in [9.17, 15) is 4.79 Å². The Kier molecular flexibility index (Phi) is 4.87. The van der Waals surface area contributed by atoms with Crippen LogP contribution in [0.25, 0.3) is 21.7 Å². The molecule has 0 saturated heterocycles. The number of hydrogen-bond acceptors (Lipinski definition) is 5. The molecule has 4 rings (SSSR count). The van der Waals surface area contributed by atoms with Crippen LogP contribution in [0.5, 0.6) is 0 Å². The monoisotopic (exact) mass is 394 g/mol. The van der Waals surface area contributed by atoms with E-state index >= 15 is 0 Å². The fraction of sp³-hybridized carbons (Fsp3) is 0.150. The summed E-state index contributed by atoms with van der Waals surface area (Å²) in [6.07, 6.45) is 0.928. The van der Waals surface area contributed by atoms with E-state index in [1.54, 1.807) is 4.57 Å². The molecule has 1 N–H and O–H groups in total. The number of anilines is 1. The van der Waals surface area contributed by atoms with Crippen molar-refractivity contribution >= 4 is 39.9 Å². The molecule has 0 spiro atoms. The number of thiazole rings is 1. The minimum absolute atomic E-state index is 0.115. The highest BCUT2D eigenvalue weighted by atomic mass is 32.1. The fourth-order valence-electron chi connectivity index (χ4n) is 2.93. The molecule has 4 aromatic rings. The molecule has 0 fully saturated rings. The third-order valence-corrected chi connectivity index (χ3v) is 5.52. The number of aromatic nitrogens is 3. The standard InChI is InChI=1S/C20H18N4OS2/c1-2-13-21-19-22-17-16(18(25)24(19)15-11-7-4-8-12-15)27-20(26)23(17)14-9-5-3-6-10-14/h3-12H,2,13H2,1H3,(H,21,22). The number of para-hydroxylation sites is 2. The van der Waals surface area contributed by atoms with Crippen molar-refractivity contribution in [3.05, 3.63) is 75.0 Å². The average Bonchev–Trinajstić information content (AvgIpc) is 3.04. The van der Waals surface area contributed by atoms with Crippen LogP contribution in [0.4, 0.5) is 5.95 Å². The van der Waals surface area contributed by atoms with Crippen molar-refractivity contribution in [3.63, 3.8) is 0 Å². The van der Waals surface area contributed by atoms with Gasteiger partial charge < -0.3 is 5.32 Å². The van der Waals surface area contributed by atoms with Gasteiger partial charge in [0.1, 0.15) is 4.70 Å². The van der Waals surface area contributed by atoms with Crippen LogP contribution >= 0.6 is 23.6 Å². The summed E-state index contributed by atoms with van der Waals surface area (Å²) in [7, 11) is 0. The summed E-state index contributed by atoms with van der Waals surface area (Å²) in [6, 6.07) is 19.3. The summed E-state index contributed by atoms with van der Waals surface area (Å²) in [5.74, 6) is 0.526. The first-order valence-corrected chi connectivity index (χ1v) is 9.96. The van der Waals surface area contributed by atoms with Crippen LogP contribution in [0, 0.1) is 3.95 Å². The molecule has 0 amide bonds. The van der Waals surface area contributed by atoms with Gasteiger partial charge in [0.05, 0.1) is 5.69 Å². The predicted molar refractivity (Wildman–Crippen MR) is 114 cm³/mol. The highest BCUT2D eigenvalue weighted by Gasteiger charge is 2.18. The average molecular weight is 395 g/mol. The van der Waals surface area contributed by atoms with Crippen LogP contribution in [-0.2, 0) is 0 Å². The molecule has 2 heterocycles. The van der Waals surface area contributed by atoms with Crippen LogP contribution < -0.4 is 10.9 Å². The van der Waals surface area contributed by atoms with Crippen molar-refractivity contribution in [1.29, 1.82) is 0 Å². The molecular formula is C20H18N4OS2. The van der Waals surface area contributed by atoms with E-state index in [4.69, 9.17) is 17.2 Å². The minimum atomic E-state index is -0.115. The normalized spacial score (nSPS) is 11.0. The Morgan fingerprint density at radius 3 is 2.19 bits per heavy atom. The summed E-state index contributed by atoms with van der Waals surface area (Å²) in [6.45, 7) is 2.80. The van der Waals surface area contributed by atoms with Crippen molar-refractivity contribution < 1.29 is 0 Å². The maximum absolute atomic E-state index is 13.3. The van der Waals surface area contributed by atoms with Crippen molar-refractivity contribution in [2.24, 2.45) is 0 Å². The zero-order chi connectivity index (χ0) is 18.8. The van der Waals surface area contributed by atoms with E-state index in [1.807, 2.05) is 65.2 Å². The van der Waals surface area contributed by atoms with Crippen molar-refractivity contribution in [1.82, 2.24) is 14.1 Å². The lowest BCUT2D eigenvalue weighted by molar-refractivity contribution is 0.899. The van der Waals surface area contributed by atoms with Crippen molar-refractivity contribution in [2.45, 2.75) is 13.3 Å². The quantitative estimate of drug-likeness (QED) is 0.495. The Balaban J connectivity index is 2.04. The Bertz CT molecular complexity index is 1190. The maximum atomic E-state index is 13.3. The van der Waals surface area contributed by atoms with Gasteiger partial charge in [0, 0.05) is 12.2 Å². The van der Waals surface area contributed by atoms with Gasteiger partial charge in [-0.2, -0.15) is 4.98 Å². The second-order valence-electron chi connectivity index (χ2n) is 6.03. The van der Waals surface area contributed by atoms with Crippen LogP contribution in [0.1, 0.15) is 13.3 Å². The lowest BCUT2D eigenvalue weighted by atomic mass is 10.3. The molecule has 0 atom stereocenters. The van der Waals surface area contributed by atoms with Crippen LogP contribution in [-0.4, -0.2) is 20.7 Å². The van der Waals surface area contributed by atoms with Gasteiger partial charge in [-0.3, -0.25) is 9.36 Å². The number of rotatable bonds is 5. The van der Waals surface area contributed by atoms with E-state index in [2.05, 4.69) is 12.2 Å². The zero-order valence-electron chi connectivity index (χ0n) is 14.8. The van der Waals surface area contributed by atoms with E-state index < -0.39 is 0 Å². The Hall–Kier alpha value is -2.77. The fourth-order valence-corrected chi connectivity index (χ4v) is 4.24. The highest BCUT2D eigenvalue weighted by Crippen LogP contribution is 2.25. The van der Waals surface area contributed by atoms with Gasteiger partial charge >= 0.3 is 0 Å².